The SMILES string of the molecule is CN(Cc1ccc2nsnc2c1)Cc1nc(-c2cccc(Cl)c2)no1. The van der Waals surface area contributed by atoms with Gasteiger partial charge in [-0.25, -0.2) is 0 Å². The van der Waals surface area contributed by atoms with Crippen LogP contribution in [0.5, 0.6) is 0 Å². The molecule has 4 aromatic rings. The highest BCUT2D eigenvalue weighted by Crippen LogP contribution is 2.20. The molecule has 0 aliphatic carbocycles. The van der Waals surface area contributed by atoms with Gasteiger partial charge in [-0.05, 0) is 36.9 Å². The van der Waals surface area contributed by atoms with Gasteiger partial charge in [-0.1, -0.05) is 35.0 Å². The van der Waals surface area contributed by atoms with Gasteiger partial charge in [-0.2, -0.15) is 13.7 Å². The summed E-state index contributed by atoms with van der Waals surface area (Å²) < 4.78 is 13.9. The van der Waals surface area contributed by atoms with Crippen molar-refractivity contribution in [2.75, 3.05) is 7.05 Å². The number of fused-ring (bicyclic) bond motifs is 1. The van der Waals surface area contributed by atoms with Gasteiger partial charge in [0.15, 0.2) is 0 Å². The standard InChI is InChI=1S/C17H14ClN5OS/c1-23(9-11-5-6-14-15(7-11)22-25-21-14)10-16-19-17(20-24-16)12-3-2-4-13(18)8-12/h2-8H,9-10H2,1H3. The molecule has 0 aliphatic heterocycles. The number of aromatic nitrogens is 4. The molecule has 0 unspecified atom stereocenters. The molecule has 25 heavy (non-hydrogen) atoms. The van der Waals surface area contributed by atoms with Crippen molar-refractivity contribution in [3.8, 4) is 11.4 Å². The second kappa shape index (κ2) is 6.87. The van der Waals surface area contributed by atoms with Crippen molar-refractivity contribution in [2.24, 2.45) is 0 Å². The van der Waals surface area contributed by atoms with E-state index >= 15 is 0 Å². The van der Waals surface area contributed by atoms with E-state index in [1.807, 2.05) is 37.4 Å². The van der Waals surface area contributed by atoms with E-state index in [1.165, 1.54) is 11.7 Å². The van der Waals surface area contributed by atoms with Crippen LogP contribution in [0.15, 0.2) is 47.0 Å². The van der Waals surface area contributed by atoms with Crippen molar-refractivity contribution in [3.63, 3.8) is 0 Å². The molecular weight excluding hydrogens is 358 g/mol. The van der Waals surface area contributed by atoms with E-state index in [0.717, 1.165) is 28.7 Å². The molecule has 0 fully saturated rings. The molecule has 0 saturated carbocycles. The lowest BCUT2D eigenvalue weighted by atomic mass is 10.2. The van der Waals surface area contributed by atoms with Crippen LogP contribution in [-0.4, -0.2) is 30.8 Å². The van der Waals surface area contributed by atoms with Gasteiger partial charge in [0.2, 0.25) is 11.7 Å². The second-order valence-corrected chi connectivity index (χ2v) is 6.75. The Morgan fingerprint density at radius 1 is 1.08 bits per heavy atom. The molecule has 0 radical (unpaired) electrons. The molecule has 0 atom stereocenters. The third-order valence-corrected chi connectivity index (χ3v) is 4.52. The van der Waals surface area contributed by atoms with E-state index in [9.17, 15) is 0 Å². The van der Waals surface area contributed by atoms with Crippen LogP contribution in [0.4, 0.5) is 0 Å². The third kappa shape index (κ3) is 3.68. The zero-order valence-electron chi connectivity index (χ0n) is 13.4. The number of halogens is 1. The molecule has 0 N–H and O–H groups in total. The second-order valence-electron chi connectivity index (χ2n) is 5.78. The predicted molar refractivity (Wildman–Crippen MR) is 97.3 cm³/mol. The van der Waals surface area contributed by atoms with E-state index in [-0.39, 0.29) is 0 Å². The summed E-state index contributed by atoms with van der Waals surface area (Å²) >= 11 is 7.23. The van der Waals surface area contributed by atoms with Gasteiger partial charge in [-0.15, -0.1) is 0 Å². The molecule has 126 valence electrons. The first-order chi connectivity index (χ1) is 12.2. The molecule has 0 aliphatic rings. The summed E-state index contributed by atoms with van der Waals surface area (Å²) in [5.74, 6) is 1.11. The van der Waals surface area contributed by atoms with Crippen molar-refractivity contribution in [3.05, 3.63) is 58.9 Å². The Hall–Kier alpha value is -2.35. The molecule has 2 aromatic heterocycles. The van der Waals surface area contributed by atoms with Crippen LogP contribution in [0.25, 0.3) is 22.4 Å². The van der Waals surface area contributed by atoms with Crippen molar-refractivity contribution in [2.45, 2.75) is 13.1 Å². The average molecular weight is 372 g/mol. The van der Waals surface area contributed by atoms with Crippen LogP contribution in [0, 0.1) is 0 Å². The molecule has 0 amide bonds. The van der Waals surface area contributed by atoms with Crippen molar-refractivity contribution < 1.29 is 4.52 Å². The van der Waals surface area contributed by atoms with Crippen LogP contribution in [0.3, 0.4) is 0 Å². The fourth-order valence-corrected chi connectivity index (χ4v) is 3.30. The summed E-state index contributed by atoms with van der Waals surface area (Å²) in [4.78, 5) is 6.55. The molecule has 2 heterocycles. The van der Waals surface area contributed by atoms with Crippen LogP contribution in [-0.2, 0) is 13.1 Å². The minimum absolute atomic E-state index is 0.542. The number of rotatable bonds is 5. The molecular formula is C17H14ClN5OS. The molecule has 2 aromatic carbocycles. The Kier molecular flexibility index (Phi) is 4.44. The Bertz CT molecular complexity index is 1010. The molecule has 6 nitrogen and oxygen atoms in total. The maximum absolute atomic E-state index is 6.01. The number of hydrogen-bond donors (Lipinski definition) is 0. The number of benzene rings is 2. The highest BCUT2D eigenvalue weighted by Gasteiger charge is 2.12. The van der Waals surface area contributed by atoms with Gasteiger partial charge < -0.3 is 4.52 Å². The Balaban J connectivity index is 1.44. The predicted octanol–water partition coefficient (Wildman–Crippen LogP) is 4.03. The average Bonchev–Trinajstić information content (AvgIpc) is 3.23. The summed E-state index contributed by atoms with van der Waals surface area (Å²) in [7, 11) is 2.01. The van der Waals surface area contributed by atoms with E-state index in [0.29, 0.717) is 23.3 Å². The quantitative estimate of drug-likeness (QED) is 0.527. The van der Waals surface area contributed by atoms with E-state index in [4.69, 9.17) is 16.1 Å². The van der Waals surface area contributed by atoms with Crippen molar-refractivity contribution in [1.82, 2.24) is 23.8 Å². The summed E-state index contributed by atoms with van der Waals surface area (Å²) in [5, 5.41) is 4.68. The Morgan fingerprint density at radius 3 is 2.84 bits per heavy atom. The van der Waals surface area contributed by atoms with Gasteiger partial charge in [-0.3, -0.25) is 4.90 Å². The van der Waals surface area contributed by atoms with Crippen molar-refractivity contribution in [1.29, 1.82) is 0 Å². The Morgan fingerprint density at radius 2 is 1.96 bits per heavy atom. The first kappa shape index (κ1) is 16.1. The lowest BCUT2D eigenvalue weighted by Crippen LogP contribution is -2.17. The minimum Gasteiger partial charge on any atom is -0.338 e. The summed E-state index contributed by atoms with van der Waals surface area (Å²) in [6, 6.07) is 13.5. The first-order valence-corrected chi connectivity index (χ1v) is 8.76. The van der Waals surface area contributed by atoms with Crippen LogP contribution >= 0.6 is 23.3 Å². The van der Waals surface area contributed by atoms with Crippen LogP contribution in [0.1, 0.15) is 11.5 Å². The Labute approximate surface area is 153 Å². The van der Waals surface area contributed by atoms with Crippen molar-refractivity contribution >= 4 is 34.4 Å². The fraction of sp³-hybridized carbons (Fsp3) is 0.176. The smallest absolute Gasteiger partial charge is 0.241 e. The highest BCUT2D eigenvalue weighted by atomic mass is 35.5. The molecule has 8 heteroatoms. The monoisotopic (exact) mass is 371 g/mol. The fourth-order valence-electron chi connectivity index (χ4n) is 2.59. The minimum atomic E-state index is 0.542. The topological polar surface area (TPSA) is 67.9 Å². The summed E-state index contributed by atoms with van der Waals surface area (Å²) in [6.45, 7) is 1.31. The molecule has 0 saturated heterocycles. The van der Waals surface area contributed by atoms with Gasteiger partial charge in [0.05, 0.1) is 18.3 Å². The molecule has 0 bridgehead atoms. The maximum Gasteiger partial charge on any atom is 0.241 e. The lowest BCUT2D eigenvalue weighted by Gasteiger charge is -2.13. The third-order valence-electron chi connectivity index (χ3n) is 3.73. The molecule has 4 rings (SSSR count). The normalized spacial score (nSPS) is 11.5. The first-order valence-electron chi connectivity index (χ1n) is 7.66. The van der Waals surface area contributed by atoms with Gasteiger partial charge in [0.1, 0.15) is 11.0 Å². The largest absolute Gasteiger partial charge is 0.338 e. The maximum atomic E-state index is 6.01. The van der Waals surface area contributed by atoms with E-state index in [1.54, 1.807) is 0 Å². The zero-order chi connectivity index (χ0) is 17.2. The van der Waals surface area contributed by atoms with Gasteiger partial charge >= 0.3 is 0 Å². The zero-order valence-corrected chi connectivity index (χ0v) is 15.0. The van der Waals surface area contributed by atoms with Gasteiger partial charge in [0, 0.05) is 17.1 Å². The number of nitrogens with zero attached hydrogens (tertiary/aromatic N) is 5. The van der Waals surface area contributed by atoms with Crippen LogP contribution in [0.2, 0.25) is 5.02 Å². The number of hydrogen-bond acceptors (Lipinski definition) is 7. The van der Waals surface area contributed by atoms with E-state index in [2.05, 4.69) is 35.9 Å². The van der Waals surface area contributed by atoms with E-state index < -0.39 is 0 Å². The lowest BCUT2D eigenvalue weighted by molar-refractivity contribution is 0.261. The van der Waals surface area contributed by atoms with Crippen LogP contribution < -0.4 is 0 Å². The summed E-state index contributed by atoms with van der Waals surface area (Å²) in [6.07, 6.45) is 0. The molecule has 0 spiro atoms. The highest BCUT2D eigenvalue weighted by molar-refractivity contribution is 7.00. The van der Waals surface area contributed by atoms with Gasteiger partial charge in [0.25, 0.3) is 0 Å². The summed E-state index contributed by atoms with van der Waals surface area (Å²) in [5.41, 5.74) is 3.86.